The van der Waals surface area contributed by atoms with Gasteiger partial charge in [0, 0.05) is 26.8 Å². The van der Waals surface area contributed by atoms with Crippen LogP contribution in [-0.4, -0.2) is 39.5 Å². The lowest BCUT2D eigenvalue weighted by Crippen LogP contribution is -2.38. The Balaban J connectivity index is 3.83. The van der Waals surface area contributed by atoms with Crippen LogP contribution in [0.1, 0.15) is 40.0 Å². The molecule has 0 aromatic rings. The zero-order valence-electron chi connectivity index (χ0n) is 11.6. The first-order chi connectivity index (χ1) is 7.67. The molecule has 0 amide bonds. The van der Waals surface area contributed by atoms with E-state index in [1.54, 1.807) is 14.2 Å². The summed E-state index contributed by atoms with van der Waals surface area (Å²) in [4.78, 5) is 0. The number of nitrogens with one attached hydrogen (secondary N) is 1. The first-order valence-corrected chi connectivity index (χ1v) is 6.42. The monoisotopic (exact) mass is 231 g/mol. The van der Waals surface area contributed by atoms with Crippen molar-refractivity contribution in [2.45, 2.75) is 52.2 Å². The van der Waals surface area contributed by atoms with E-state index in [-0.39, 0.29) is 6.10 Å². The van der Waals surface area contributed by atoms with E-state index in [1.165, 1.54) is 19.3 Å². The minimum Gasteiger partial charge on any atom is -0.382 e. The maximum Gasteiger partial charge on any atom is 0.0928 e. The number of hydrogen-bond acceptors (Lipinski definition) is 3. The van der Waals surface area contributed by atoms with Crippen molar-refractivity contribution >= 4 is 0 Å². The van der Waals surface area contributed by atoms with Crippen molar-refractivity contribution in [2.24, 2.45) is 5.92 Å². The molecule has 0 aliphatic carbocycles. The minimum absolute atomic E-state index is 0.163. The van der Waals surface area contributed by atoms with E-state index < -0.39 is 0 Å². The van der Waals surface area contributed by atoms with Gasteiger partial charge in [0.25, 0.3) is 0 Å². The predicted octanol–water partition coefficient (Wildman–Crippen LogP) is 2.45. The Morgan fingerprint density at radius 1 is 1.12 bits per heavy atom. The van der Waals surface area contributed by atoms with E-state index in [1.807, 2.05) is 0 Å². The lowest BCUT2D eigenvalue weighted by atomic mass is 9.98. The molecule has 0 aliphatic rings. The summed E-state index contributed by atoms with van der Waals surface area (Å²) in [6.07, 6.45) is 3.84. The van der Waals surface area contributed by atoms with Crippen LogP contribution >= 0.6 is 0 Å². The molecule has 16 heavy (non-hydrogen) atoms. The molecule has 3 atom stereocenters. The number of hydrogen-bond donors (Lipinski definition) is 1. The third-order valence-corrected chi connectivity index (χ3v) is 3.20. The average Bonchev–Trinajstić information content (AvgIpc) is 2.32. The van der Waals surface area contributed by atoms with Crippen molar-refractivity contribution in [1.29, 1.82) is 0 Å². The summed E-state index contributed by atoms with van der Waals surface area (Å²) in [6, 6.07) is 0.601. The summed E-state index contributed by atoms with van der Waals surface area (Å²) in [5, 5.41) is 3.57. The molecule has 0 saturated heterocycles. The second kappa shape index (κ2) is 10.1. The molecule has 0 fully saturated rings. The molecule has 0 heterocycles. The van der Waals surface area contributed by atoms with Crippen molar-refractivity contribution in [3.63, 3.8) is 0 Å². The van der Waals surface area contributed by atoms with Gasteiger partial charge in [-0.25, -0.2) is 0 Å². The summed E-state index contributed by atoms with van der Waals surface area (Å²) < 4.78 is 10.4. The van der Waals surface area contributed by atoms with E-state index in [0.29, 0.717) is 12.6 Å². The summed E-state index contributed by atoms with van der Waals surface area (Å²) in [5.41, 5.74) is 0. The van der Waals surface area contributed by atoms with Crippen LogP contribution in [0.15, 0.2) is 0 Å². The Bertz CT molecular complexity index is 153. The van der Waals surface area contributed by atoms with Gasteiger partial charge in [0.15, 0.2) is 0 Å². The zero-order valence-corrected chi connectivity index (χ0v) is 11.6. The van der Waals surface area contributed by atoms with Crippen LogP contribution in [0.3, 0.4) is 0 Å². The minimum atomic E-state index is 0.163. The van der Waals surface area contributed by atoms with Gasteiger partial charge in [-0.15, -0.1) is 0 Å². The molecule has 0 spiro atoms. The van der Waals surface area contributed by atoms with Crippen LogP contribution in [0.2, 0.25) is 0 Å². The summed E-state index contributed by atoms with van der Waals surface area (Å²) in [6.45, 7) is 8.33. The summed E-state index contributed by atoms with van der Waals surface area (Å²) >= 11 is 0. The Hall–Kier alpha value is -0.120. The zero-order chi connectivity index (χ0) is 12.4. The first kappa shape index (κ1) is 15.9. The van der Waals surface area contributed by atoms with Gasteiger partial charge in [0.2, 0.25) is 0 Å². The Morgan fingerprint density at radius 3 is 2.25 bits per heavy atom. The van der Waals surface area contributed by atoms with Crippen molar-refractivity contribution in [2.75, 3.05) is 27.4 Å². The molecule has 0 radical (unpaired) electrons. The van der Waals surface area contributed by atoms with Crippen molar-refractivity contribution in [3.05, 3.63) is 0 Å². The van der Waals surface area contributed by atoms with Gasteiger partial charge < -0.3 is 14.8 Å². The highest BCUT2D eigenvalue weighted by Gasteiger charge is 2.13. The van der Waals surface area contributed by atoms with Gasteiger partial charge in [0.05, 0.1) is 12.7 Å². The third kappa shape index (κ3) is 7.20. The summed E-state index contributed by atoms with van der Waals surface area (Å²) in [7, 11) is 3.45. The van der Waals surface area contributed by atoms with Gasteiger partial charge in [-0.1, -0.05) is 27.2 Å². The number of rotatable bonds is 10. The first-order valence-electron chi connectivity index (χ1n) is 6.42. The fourth-order valence-corrected chi connectivity index (χ4v) is 1.74. The quantitative estimate of drug-likeness (QED) is 0.626. The molecule has 0 aromatic heterocycles. The van der Waals surface area contributed by atoms with Crippen LogP contribution in [0, 0.1) is 5.92 Å². The molecule has 0 aliphatic heterocycles. The average molecular weight is 231 g/mol. The van der Waals surface area contributed by atoms with Crippen LogP contribution in [0.4, 0.5) is 0 Å². The van der Waals surface area contributed by atoms with E-state index >= 15 is 0 Å². The van der Waals surface area contributed by atoms with Crippen LogP contribution < -0.4 is 5.32 Å². The highest BCUT2D eigenvalue weighted by molar-refractivity contribution is 4.71. The highest BCUT2D eigenvalue weighted by atomic mass is 16.5. The predicted molar refractivity (Wildman–Crippen MR) is 68.8 cm³/mol. The normalized spacial score (nSPS) is 17.1. The van der Waals surface area contributed by atoms with Gasteiger partial charge in [0.1, 0.15) is 0 Å². The molecule has 0 saturated carbocycles. The van der Waals surface area contributed by atoms with E-state index in [2.05, 4.69) is 26.1 Å². The van der Waals surface area contributed by atoms with E-state index in [0.717, 1.165) is 12.5 Å². The standard InChI is InChI=1S/C13H29NO2/c1-6-11(3)8-12(7-2)14-9-13(16-5)10-15-4/h11-14H,6-10H2,1-5H3. The Morgan fingerprint density at radius 2 is 1.81 bits per heavy atom. The molecule has 3 unspecified atom stereocenters. The molecule has 0 rings (SSSR count). The van der Waals surface area contributed by atoms with Gasteiger partial charge in [-0.3, -0.25) is 0 Å². The SMILES string of the molecule is CCC(C)CC(CC)NCC(COC)OC. The second-order valence-electron chi connectivity index (χ2n) is 4.58. The summed E-state index contributed by atoms with van der Waals surface area (Å²) in [5.74, 6) is 0.792. The van der Waals surface area contributed by atoms with Crippen molar-refractivity contribution in [1.82, 2.24) is 5.32 Å². The highest BCUT2D eigenvalue weighted by Crippen LogP contribution is 2.11. The smallest absolute Gasteiger partial charge is 0.0928 e. The topological polar surface area (TPSA) is 30.5 Å². The van der Waals surface area contributed by atoms with Crippen molar-refractivity contribution in [3.8, 4) is 0 Å². The Kier molecular flexibility index (Phi) is 9.99. The van der Waals surface area contributed by atoms with Gasteiger partial charge in [-0.05, 0) is 18.8 Å². The fourth-order valence-electron chi connectivity index (χ4n) is 1.74. The maximum absolute atomic E-state index is 5.33. The molecule has 1 N–H and O–H groups in total. The lowest BCUT2D eigenvalue weighted by Gasteiger charge is -2.23. The molecule has 0 bridgehead atoms. The largest absolute Gasteiger partial charge is 0.382 e. The van der Waals surface area contributed by atoms with Gasteiger partial charge >= 0.3 is 0 Å². The van der Waals surface area contributed by atoms with Crippen LogP contribution in [-0.2, 0) is 9.47 Å². The molecule has 3 nitrogen and oxygen atoms in total. The van der Waals surface area contributed by atoms with Crippen LogP contribution in [0.5, 0.6) is 0 Å². The third-order valence-electron chi connectivity index (χ3n) is 3.20. The van der Waals surface area contributed by atoms with E-state index in [4.69, 9.17) is 9.47 Å². The van der Waals surface area contributed by atoms with Crippen LogP contribution in [0.25, 0.3) is 0 Å². The maximum atomic E-state index is 5.33. The lowest BCUT2D eigenvalue weighted by molar-refractivity contribution is 0.0268. The van der Waals surface area contributed by atoms with Crippen molar-refractivity contribution < 1.29 is 9.47 Å². The van der Waals surface area contributed by atoms with Gasteiger partial charge in [-0.2, -0.15) is 0 Å². The Labute approximate surface area is 101 Å². The molecular weight excluding hydrogens is 202 g/mol. The molecule has 98 valence electrons. The molecular formula is C13H29NO2. The number of methoxy groups -OCH3 is 2. The molecule has 0 aromatic carbocycles. The molecule has 3 heteroatoms. The fraction of sp³-hybridized carbons (Fsp3) is 1.00. The number of ether oxygens (including phenoxy) is 2. The van der Waals surface area contributed by atoms with E-state index in [9.17, 15) is 0 Å². The second-order valence-corrected chi connectivity index (χ2v) is 4.58.